The summed E-state index contributed by atoms with van der Waals surface area (Å²) in [6.07, 6.45) is 27.8. The second-order valence-electron chi connectivity index (χ2n) is 9.58. The number of allylic oxidation sites excluding steroid dienone is 2. The fraction of sp³-hybridized carbons (Fsp3) is 0.862. The minimum Gasteiger partial charge on any atom is -0.481 e. The predicted octanol–water partition coefficient (Wildman–Crippen LogP) is 9.16. The monoisotopic (exact) mass is 466 g/mol. The van der Waals surface area contributed by atoms with Crippen molar-refractivity contribution in [1.29, 1.82) is 0 Å². The van der Waals surface area contributed by atoms with Gasteiger partial charge in [0.1, 0.15) is 6.10 Å². The molecule has 194 valence electrons. The van der Waals surface area contributed by atoms with Gasteiger partial charge in [-0.1, -0.05) is 103 Å². The Balaban J connectivity index is 3.87. The minimum atomic E-state index is -0.775. The number of rotatable bonds is 25. The Labute approximate surface area is 204 Å². The summed E-state index contributed by atoms with van der Waals surface area (Å²) in [6.45, 7) is 4.46. The molecule has 1 atom stereocenters. The zero-order chi connectivity index (χ0) is 24.4. The van der Waals surface area contributed by atoms with Crippen LogP contribution in [0, 0.1) is 0 Å². The van der Waals surface area contributed by atoms with E-state index < -0.39 is 5.97 Å². The third-order valence-corrected chi connectivity index (χ3v) is 6.24. The molecule has 0 aliphatic rings. The lowest BCUT2D eigenvalue weighted by molar-refractivity contribution is -0.150. The summed E-state index contributed by atoms with van der Waals surface area (Å²) in [6, 6.07) is 0. The van der Waals surface area contributed by atoms with Crippen molar-refractivity contribution in [3.8, 4) is 0 Å². The van der Waals surface area contributed by atoms with Gasteiger partial charge in [0.25, 0.3) is 0 Å². The molecule has 0 aromatic rings. The lowest BCUT2D eigenvalue weighted by Crippen LogP contribution is -2.18. The number of esters is 1. The summed E-state index contributed by atoms with van der Waals surface area (Å²) in [5.41, 5.74) is 0. The minimum absolute atomic E-state index is 0.101. The van der Waals surface area contributed by atoms with Gasteiger partial charge < -0.3 is 9.84 Å². The van der Waals surface area contributed by atoms with Crippen LogP contribution >= 0.6 is 0 Å². The zero-order valence-corrected chi connectivity index (χ0v) is 22.0. The lowest BCUT2D eigenvalue weighted by atomic mass is 10.0. The Morgan fingerprint density at radius 3 is 1.79 bits per heavy atom. The van der Waals surface area contributed by atoms with Crippen LogP contribution in [0.4, 0.5) is 0 Å². The Hall–Kier alpha value is -1.32. The van der Waals surface area contributed by atoms with Crippen molar-refractivity contribution in [2.24, 2.45) is 0 Å². The molecule has 4 nitrogen and oxygen atoms in total. The molecule has 0 aliphatic heterocycles. The molecule has 33 heavy (non-hydrogen) atoms. The van der Waals surface area contributed by atoms with Crippen LogP contribution in [-0.2, 0) is 14.3 Å². The van der Waals surface area contributed by atoms with Crippen molar-refractivity contribution >= 4 is 11.9 Å². The van der Waals surface area contributed by atoms with E-state index in [0.717, 1.165) is 25.7 Å². The molecule has 0 rings (SSSR count). The first-order valence-electron chi connectivity index (χ1n) is 14.2. The quantitative estimate of drug-likeness (QED) is 0.0827. The molecule has 0 aromatic heterocycles. The largest absolute Gasteiger partial charge is 0.481 e. The van der Waals surface area contributed by atoms with Crippen LogP contribution in [0.5, 0.6) is 0 Å². The molecule has 0 aliphatic carbocycles. The highest BCUT2D eigenvalue weighted by Crippen LogP contribution is 2.17. The number of aliphatic carboxylic acids is 1. The normalized spacial score (nSPS) is 12.3. The van der Waals surface area contributed by atoms with Gasteiger partial charge in [0.05, 0.1) is 0 Å². The molecule has 0 bridgehead atoms. The first-order valence-corrected chi connectivity index (χ1v) is 14.2. The Kier molecular flexibility index (Phi) is 24.3. The Morgan fingerprint density at radius 1 is 0.636 bits per heavy atom. The van der Waals surface area contributed by atoms with E-state index in [-0.39, 0.29) is 18.5 Å². The topological polar surface area (TPSA) is 63.6 Å². The van der Waals surface area contributed by atoms with Crippen molar-refractivity contribution in [2.75, 3.05) is 0 Å². The number of hydrogen-bond acceptors (Lipinski definition) is 3. The number of carboxylic acid groups (broad SMARTS) is 1. The van der Waals surface area contributed by atoms with Gasteiger partial charge in [-0.15, -0.1) is 0 Å². The van der Waals surface area contributed by atoms with Crippen LogP contribution in [-0.4, -0.2) is 23.1 Å². The summed E-state index contributed by atoms with van der Waals surface area (Å²) < 4.78 is 5.74. The SMILES string of the molecule is CCCC/C=C\CCCCCCCCC(=O)OC(CCCCCCCCC)CCCC(=O)O. The van der Waals surface area contributed by atoms with Gasteiger partial charge in [-0.25, -0.2) is 0 Å². The van der Waals surface area contributed by atoms with E-state index in [4.69, 9.17) is 9.84 Å². The second kappa shape index (κ2) is 25.3. The van der Waals surface area contributed by atoms with Gasteiger partial charge in [0, 0.05) is 12.8 Å². The number of carboxylic acids is 1. The number of ether oxygens (including phenoxy) is 1. The Morgan fingerprint density at radius 2 is 1.15 bits per heavy atom. The molecule has 4 heteroatoms. The highest BCUT2D eigenvalue weighted by Gasteiger charge is 2.15. The molecule has 0 saturated carbocycles. The van der Waals surface area contributed by atoms with E-state index in [1.165, 1.54) is 89.9 Å². The van der Waals surface area contributed by atoms with E-state index >= 15 is 0 Å². The maximum Gasteiger partial charge on any atom is 0.306 e. The molecule has 0 fully saturated rings. The average molecular weight is 467 g/mol. The van der Waals surface area contributed by atoms with Crippen LogP contribution in [0.3, 0.4) is 0 Å². The third-order valence-electron chi connectivity index (χ3n) is 6.24. The molecule has 0 heterocycles. The number of unbranched alkanes of at least 4 members (excludes halogenated alkanes) is 14. The number of carbonyl (C=O) groups excluding carboxylic acids is 1. The summed E-state index contributed by atoms with van der Waals surface area (Å²) in [5.74, 6) is -0.876. The van der Waals surface area contributed by atoms with Crippen LogP contribution in [0.15, 0.2) is 12.2 Å². The summed E-state index contributed by atoms with van der Waals surface area (Å²) in [5, 5.41) is 8.89. The fourth-order valence-electron chi connectivity index (χ4n) is 4.11. The maximum atomic E-state index is 12.3. The van der Waals surface area contributed by atoms with Gasteiger partial charge in [0.2, 0.25) is 0 Å². The first-order chi connectivity index (χ1) is 16.1. The Bertz CT molecular complexity index is 472. The average Bonchev–Trinajstić information content (AvgIpc) is 2.78. The number of carbonyl (C=O) groups is 2. The van der Waals surface area contributed by atoms with Gasteiger partial charge in [-0.2, -0.15) is 0 Å². The molecule has 1 unspecified atom stereocenters. The molecule has 0 saturated heterocycles. The van der Waals surface area contributed by atoms with E-state index in [0.29, 0.717) is 19.3 Å². The van der Waals surface area contributed by atoms with Crippen LogP contribution in [0.1, 0.15) is 155 Å². The van der Waals surface area contributed by atoms with Crippen molar-refractivity contribution in [3.05, 3.63) is 12.2 Å². The molecule has 0 aromatic carbocycles. The second-order valence-corrected chi connectivity index (χ2v) is 9.58. The van der Waals surface area contributed by atoms with E-state index in [1.807, 2.05) is 0 Å². The predicted molar refractivity (Wildman–Crippen MR) is 140 cm³/mol. The van der Waals surface area contributed by atoms with Crippen molar-refractivity contribution in [1.82, 2.24) is 0 Å². The molecule has 0 amide bonds. The van der Waals surface area contributed by atoms with Crippen LogP contribution < -0.4 is 0 Å². The van der Waals surface area contributed by atoms with Gasteiger partial charge in [0.15, 0.2) is 0 Å². The van der Waals surface area contributed by atoms with Gasteiger partial charge in [-0.05, 0) is 51.4 Å². The van der Waals surface area contributed by atoms with E-state index in [9.17, 15) is 9.59 Å². The van der Waals surface area contributed by atoms with Crippen LogP contribution in [0.2, 0.25) is 0 Å². The van der Waals surface area contributed by atoms with Crippen LogP contribution in [0.25, 0.3) is 0 Å². The standard InChI is InChI=1S/C29H54O4/c1-3-5-7-9-11-12-13-14-15-17-19-21-26-29(32)33-27(24-22-25-28(30)31)23-20-18-16-10-8-6-4-2/h9,11,27H,3-8,10,12-26H2,1-2H3,(H,30,31)/b11-9-. The first kappa shape index (κ1) is 31.7. The molecule has 1 N–H and O–H groups in total. The maximum absolute atomic E-state index is 12.3. The fourth-order valence-corrected chi connectivity index (χ4v) is 4.11. The molecular formula is C29H54O4. The smallest absolute Gasteiger partial charge is 0.306 e. The molecule has 0 spiro atoms. The molecular weight excluding hydrogens is 412 g/mol. The molecule has 0 radical (unpaired) electrons. The highest BCUT2D eigenvalue weighted by molar-refractivity contribution is 5.69. The number of hydrogen-bond donors (Lipinski definition) is 1. The van der Waals surface area contributed by atoms with Crippen molar-refractivity contribution in [3.63, 3.8) is 0 Å². The third kappa shape index (κ3) is 25.1. The van der Waals surface area contributed by atoms with Gasteiger partial charge in [-0.3, -0.25) is 9.59 Å². The highest BCUT2D eigenvalue weighted by atomic mass is 16.5. The summed E-state index contributed by atoms with van der Waals surface area (Å²) >= 11 is 0. The van der Waals surface area contributed by atoms with Crippen molar-refractivity contribution in [2.45, 2.75) is 161 Å². The lowest BCUT2D eigenvalue weighted by Gasteiger charge is -2.18. The summed E-state index contributed by atoms with van der Waals surface area (Å²) in [4.78, 5) is 23.1. The van der Waals surface area contributed by atoms with Gasteiger partial charge >= 0.3 is 11.9 Å². The zero-order valence-electron chi connectivity index (χ0n) is 22.0. The summed E-state index contributed by atoms with van der Waals surface area (Å²) in [7, 11) is 0. The van der Waals surface area contributed by atoms with E-state index in [1.54, 1.807) is 0 Å². The van der Waals surface area contributed by atoms with Crippen molar-refractivity contribution < 1.29 is 19.4 Å². The van der Waals surface area contributed by atoms with E-state index in [2.05, 4.69) is 26.0 Å².